The maximum Gasteiger partial charge on any atom is 0.331 e. The highest BCUT2D eigenvalue weighted by atomic mass is 16.6. The lowest BCUT2D eigenvalue weighted by Gasteiger charge is -2.05. The molecule has 0 saturated heterocycles. The van der Waals surface area contributed by atoms with E-state index < -0.39 is 5.97 Å². The van der Waals surface area contributed by atoms with Crippen LogP contribution < -0.4 is 4.74 Å². The van der Waals surface area contributed by atoms with E-state index in [9.17, 15) is 4.79 Å². The fourth-order valence-electron chi connectivity index (χ4n) is 1.56. The first-order valence-electron chi connectivity index (χ1n) is 6.33. The van der Waals surface area contributed by atoms with Crippen molar-refractivity contribution >= 4 is 12.0 Å². The number of aryl methyl sites for hydroxylation is 1. The zero-order valence-electron chi connectivity index (χ0n) is 11.2. The van der Waals surface area contributed by atoms with Crippen molar-refractivity contribution in [2.75, 3.05) is 13.2 Å². The van der Waals surface area contributed by atoms with Crippen molar-refractivity contribution in [1.82, 2.24) is 0 Å². The summed E-state index contributed by atoms with van der Waals surface area (Å²) in [7, 11) is 0. The lowest BCUT2D eigenvalue weighted by molar-refractivity contribution is -0.138. The van der Waals surface area contributed by atoms with Crippen LogP contribution in [0, 0.1) is 6.92 Å². The van der Waals surface area contributed by atoms with Crippen molar-refractivity contribution in [2.24, 2.45) is 0 Å². The summed E-state index contributed by atoms with van der Waals surface area (Å²) in [4.78, 5) is 11.4. The molecule has 0 aliphatic carbocycles. The second-order valence-corrected chi connectivity index (χ2v) is 4.11. The Hall–Kier alpha value is -2.49. The predicted octanol–water partition coefficient (Wildman–Crippen LogP) is 3.22. The zero-order chi connectivity index (χ0) is 14.2. The van der Waals surface area contributed by atoms with Crippen molar-refractivity contribution in [3.63, 3.8) is 0 Å². The summed E-state index contributed by atoms with van der Waals surface area (Å²) in [6.07, 6.45) is 2.91. The van der Waals surface area contributed by atoms with Crippen LogP contribution in [-0.4, -0.2) is 19.2 Å². The van der Waals surface area contributed by atoms with Gasteiger partial charge in [-0.2, -0.15) is 0 Å². The second-order valence-electron chi connectivity index (χ2n) is 4.11. The first kappa shape index (κ1) is 13.9. The topological polar surface area (TPSA) is 48.7 Å². The van der Waals surface area contributed by atoms with E-state index in [1.54, 1.807) is 12.1 Å². The van der Waals surface area contributed by atoms with Gasteiger partial charge in [0.05, 0.1) is 0 Å². The Morgan fingerprint density at radius 1 is 1.15 bits per heavy atom. The number of benzene rings is 1. The molecule has 0 bridgehead atoms. The molecule has 4 heteroatoms. The Bertz CT molecular complexity index is 569. The predicted molar refractivity (Wildman–Crippen MR) is 75.4 cm³/mol. The number of carbonyl (C=O) groups is 1. The molecule has 104 valence electrons. The molecule has 0 atom stereocenters. The molecule has 0 aliphatic heterocycles. The Morgan fingerprint density at radius 2 is 1.95 bits per heavy atom. The van der Waals surface area contributed by atoms with Crippen molar-refractivity contribution < 1.29 is 18.7 Å². The molecule has 0 fully saturated rings. The van der Waals surface area contributed by atoms with E-state index in [1.807, 2.05) is 43.3 Å². The van der Waals surface area contributed by atoms with E-state index in [0.717, 1.165) is 11.5 Å². The number of ether oxygens (including phenoxy) is 2. The minimum Gasteiger partial charge on any atom is -0.490 e. The van der Waals surface area contributed by atoms with Crippen LogP contribution in [0.1, 0.15) is 11.5 Å². The first-order valence-corrected chi connectivity index (χ1v) is 6.33. The molecule has 1 aromatic heterocycles. The fraction of sp³-hybridized carbons (Fsp3) is 0.188. The summed E-state index contributed by atoms with van der Waals surface area (Å²) >= 11 is 0. The zero-order valence-corrected chi connectivity index (χ0v) is 11.2. The highest BCUT2D eigenvalue weighted by molar-refractivity contribution is 5.86. The molecule has 1 heterocycles. The van der Waals surface area contributed by atoms with Gasteiger partial charge in [-0.15, -0.1) is 0 Å². The van der Waals surface area contributed by atoms with Crippen LogP contribution in [0.5, 0.6) is 5.75 Å². The highest BCUT2D eigenvalue weighted by Crippen LogP contribution is 2.09. The van der Waals surface area contributed by atoms with Gasteiger partial charge in [-0.1, -0.05) is 18.2 Å². The Kier molecular flexibility index (Phi) is 5.00. The number of rotatable bonds is 6. The number of para-hydroxylation sites is 1. The van der Waals surface area contributed by atoms with Gasteiger partial charge in [-0.3, -0.25) is 0 Å². The quantitative estimate of drug-likeness (QED) is 0.460. The second kappa shape index (κ2) is 7.19. The molecule has 0 radical (unpaired) electrons. The van der Waals surface area contributed by atoms with Crippen LogP contribution >= 0.6 is 0 Å². The summed E-state index contributed by atoms with van der Waals surface area (Å²) < 4.78 is 15.7. The van der Waals surface area contributed by atoms with Gasteiger partial charge in [-0.25, -0.2) is 4.79 Å². The molecular weight excluding hydrogens is 256 g/mol. The standard InChI is InChI=1S/C16H16O4/c1-13-7-8-15(20-13)9-10-16(17)19-12-11-18-14-5-3-2-4-6-14/h2-10H,11-12H2,1H3. The SMILES string of the molecule is Cc1ccc(C=CC(=O)OCCOc2ccccc2)o1. The third kappa shape index (κ3) is 4.65. The number of hydrogen-bond donors (Lipinski definition) is 0. The Balaban J connectivity index is 1.66. The van der Waals surface area contributed by atoms with Gasteiger partial charge in [-0.05, 0) is 37.3 Å². The maximum absolute atomic E-state index is 11.4. The molecule has 0 aliphatic rings. The normalized spacial score (nSPS) is 10.7. The highest BCUT2D eigenvalue weighted by Gasteiger charge is 1.99. The minimum absolute atomic E-state index is 0.204. The average Bonchev–Trinajstić information content (AvgIpc) is 2.88. The Labute approximate surface area is 117 Å². The summed E-state index contributed by atoms with van der Waals surface area (Å²) in [6.45, 7) is 2.37. The largest absolute Gasteiger partial charge is 0.490 e. The number of furan rings is 1. The van der Waals surface area contributed by atoms with Crippen molar-refractivity contribution in [1.29, 1.82) is 0 Å². The lowest BCUT2D eigenvalue weighted by atomic mass is 10.3. The summed E-state index contributed by atoms with van der Waals surface area (Å²) in [6, 6.07) is 13.0. The summed E-state index contributed by atoms with van der Waals surface area (Å²) in [5, 5.41) is 0. The third-order valence-corrected chi connectivity index (χ3v) is 2.48. The van der Waals surface area contributed by atoms with Gasteiger partial charge in [0.2, 0.25) is 0 Å². The number of esters is 1. The van der Waals surface area contributed by atoms with E-state index in [1.165, 1.54) is 6.08 Å². The third-order valence-electron chi connectivity index (χ3n) is 2.48. The Morgan fingerprint density at radius 3 is 2.65 bits per heavy atom. The lowest BCUT2D eigenvalue weighted by Crippen LogP contribution is -2.10. The molecule has 0 N–H and O–H groups in total. The molecule has 2 rings (SSSR count). The van der Waals surface area contributed by atoms with Crippen molar-refractivity contribution in [3.8, 4) is 5.75 Å². The van der Waals surface area contributed by atoms with E-state index >= 15 is 0 Å². The molecule has 20 heavy (non-hydrogen) atoms. The van der Waals surface area contributed by atoms with Crippen molar-refractivity contribution in [2.45, 2.75) is 6.92 Å². The molecule has 4 nitrogen and oxygen atoms in total. The van der Waals surface area contributed by atoms with Gasteiger partial charge < -0.3 is 13.9 Å². The maximum atomic E-state index is 11.4. The van der Waals surface area contributed by atoms with Gasteiger partial charge in [0, 0.05) is 6.08 Å². The fourth-order valence-corrected chi connectivity index (χ4v) is 1.56. The summed E-state index contributed by atoms with van der Waals surface area (Å²) in [5.74, 6) is 1.76. The number of carbonyl (C=O) groups excluding carboxylic acids is 1. The molecule has 2 aromatic rings. The summed E-state index contributed by atoms with van der Waals surface area (Å²) in [5.41, 5.74) is 0. The molecule has 0 amide bonds. The number of hydrogen-bond acceptors (Lipinski definition) is 4. The average molecular weight is 272 g/mol. The molecule has 0 unspecified atom stereocenters. The van der Waals surface area contributed by atoms with Crippen LogP contribution in [0.25, 0.3) is 6.08 Å². The van der Waals surface area contributed by atoms with E-state index in [0.29, 0.717) is 12.4 Å². The van der Waals surface area contributed by atoms with E-state index in [2.05, 4.69) is 0 Å². The molecular formula is C16H16O4. The smallest absolute Gasteiger partial charge is 0.331 e. The van der Waals surface area contributed by atoms with E-state index in [-0.39, 0.29) is 6.61 Å². The van der Waals surface area contributed by atoms with Gasteiger partial charge in [0.25, 0.3) is 0 Å². The van der Waals surface area contributed by atoms with Gasteiger partial charge >= 0.3 is 5.97 Å². The molecule has 0 saturated carbocycles. The van der Waals surface area contributed by atoms with Crippen molar-refractivity contribution in [3.05, 3.63) is 60.1 Å². The molecule has 0 spiro atoms. The monoisotopic (exact) mass is 272 g/mol. The van der Waals surface area contributed by atoms with Crippen LogP contribution in [-0.2, 0) is 9.53 Å². The minimum atomic E-state index is -0.421. The van der Waals surface area contributed by atoms with Crippen LogP contribution in [0.15, 0.2) is 53.0 Å². The first-order chi connectivity index (χ1) is 9.74. The van der Waals surface area contributed by atoms with Gasteiger partial charge in [0.15, 0.2) is 0 Å². The molecule has 1 aromatic carbocycles. The van der Waals surface area contributed by atoms with Crippen LogP contribution in [0.3, 0.4) is 0 Å². The van der Waals surface area contributed by atoms with Crippen LogP contribution in [0.2, 0.25) is 0 Å². The van der Waals surface area contributed by atoms with Crippen LogP contribution in [0.4, 0.5) is 0 Å². The van der Waals surface area contributed by atoms with Gasteiger partial charge in [0.1, 0.15) is 30.5 Å². The van der Waals surface area contributed by atoms with E-state index in [4.69, 9.17) is 13.9 Å².